The third-order valence-corrected chi connectivity index (χ3v) is 4.00. The Labute approximate surface area is 126 Å². The van der Waals surface area contributed by atoms with Crippen LogP contribution in [0.5, 0.6) is 5.75 Å². The average Bonchev–Trinajstić information content (AvgIpc) is 2.85. The van der Waals surface area contributed by atoms with Crippen LogP contribution < -0.4 is 10.2 Å². The first kappa shape index (κ1) is 13.8. The molecule has 0 aliphatic carbocycles. The lowest BCUT2D eigenvalue weighted by molar-refractivity contribution is 0.340. The molecule has 0 radical (unpaired) electrons. The van der Waals surface area contributed by atoms with E-state index in [4.69, 9.17) is 9.15 Å². The molecule has 3 rings (SSSR count). The van der Waals surface area contributed by atoms with Crippen LogP contribution >= 0.6 is 11.3 Å². The summed E-state index contributed by atoms with van der Waals surface area (Å²) in [5.74, 6) is 1.27. The van der Waals surface area contributed by atoms with Crippen molar-refractivity contribution in [3.63, 3.8) is 0 Å². The SMILES string of the molecule is CCOc1ccc2c(=O)c(-c3csc(C)n3)c(C)oc2c1. The second-order valence-corrected chi connectivity index (χ2v) is 5.77. The third-order valence-electron chi connectivity index (χ3n) is 3.23. The number of nitrogens with zero attached hydrogens (tertiary/aromatic N) is 1. The van der Waals surface area contributed by atoms with Crippen molar-refractivity contribution >= 4 is 22.3 Å². The van der Waals surface area contributed by atoms with E-state index in [0.717, 1.165) is 5.01 Å². The second-order valence-electron chi connectivity index (χ2n) is 4.71. The van der Waals surface area contributed by atoms with Crippen molar-refractivity contribution in [2.45, 2.75) is 20.8 Å². The van der Waals surface area contributed by atoms with Gasteiger partial charge in [0.2, 0.25) is 5.43 Å². The molecule has 5 heteroatoms. The van der Waals surface area contributed by atoms with Gasteiger partial charge in [-0.3, -0.25) is 4.79 Å². The van der Waals surface area contributed by atoms with E-state index in [1.54, 1.807) is 25.1 Å². The largest absolute Gasteiger partial charge is 0.494 e. The van der Waals surface area contributed by atoms with Crippen LogP contribution in [0.1, 0.15) is 17.7 Å². The Morgan fingerprint density at radius 2 is 2.14 bits per heavy atom. The number of aryl methyl sites for hydroxylation is 2. The lowest BCUT2D eigenvalue weighted by Crippen LogP contribution is -2.08. The van der Waals surface area contributed by atoms with Gasteiger partial charge in [0.05, 0.1) is 28.3 Å². The maximum absolute atomic E-state index is 12.7. The Morgan fingerprint density at radius 1 is 1.33 bits per heavy atom. The van der Waals surface area contributed by atoms with Crippen molar-refractivity contribution in [2.75, 3.05) is 6.61 Å². The molecule has 0 spiro atoms. The molecule has 4 nitrogen and oxygen atoms in total. The summed E-state index contributed by atoms with van der Waals surface area (Å²) in [4.78, 5) is 17.1. The molecule has 0 aliphatic rings. The summed E-state index contributed by atoms with van der Waals surface area (Å²) in [5.41, 5.74) is 1.71. The van der Waals surface area contributed by atoms with Gasteiger partial charge in [0.15, 0.2) is 0 Å². The molecule has 0 atom stereocenters. The van der Waals surface area contributed by atoms with Gasteiger partial charge in [-0.05, 0) is 32.9 Å². The maximum atomic E-state index is 12.7. The molecule has 0 aliphatic heterocycles. The predicted molar refractivity (Wildman–Crippen MR) is 84.2 cm³/mol. The normalized spacial score (nSPS) is 11.0. The zero-order valence-electron chi connectivity index (χ0n) is 12.1. The molecule has 3 aromatic rings. The Balaban J connectivity index is 2.24. The molecule has 108 valence electrons. The molecule has 2 aromatic heterocycles. The first-order chi connectivity index (χ1) is 10.1. The highest BCUT2D eigenvalue weighted by atomic mass is 32.1. The molecule has 0 bridgehead atoms. The summed E-state index contributed by atoms with van der Waals surface area (Å²) in [6, 6.07) is 5.28. The summed E-state index contributed by atoms with van der Waals surface area (Å²) >= 11 is 1.52. The molecule has 2 heterocycles. The molecule has 1 aromatic carbocycles. The van der Waals surface area contributed by atoms with Crippen molar-refractivity contribution in [1.82, 2.24) is 4.98 Å². The lowest BCUT2D eigenvalue weighted by atomic mass is 10.1. The van der Waals surface area contributed by atoms with E-state index >= 15 is 0 Å². The minimum Gasteiger partial charge on any atom is -0.494 e. The molecular formula is C16H15NO3S. The molecule has 21 heavy (non-hydrogen) atoms. The summed E-state index contributed by atoms with van der Waals surface area (Å²) in [6.07, 6.45) is 0. The van der Waals surface area contributed by atoms with Gasteiger partial charge >= 0.3 is 0 Å². The fourth-order valence-corrected chi connectivity index (χ4v) is 2.92. The number of fused-ring (bicyclic) bond motifs is 1. The number of aromatic nitrogens is 1. The Morgan fingerprint density at radius 3 is 2.81 bits per heavy atom. The van der Waals surface area contributed by atoms with Gasteiger partial charge in [0.25, 0.3) is 0 Å². The van der Waals surface area contributed by atoms with E-state index in [9.17, 15) is 4.79 Å². The summed E-state index contributed by atoms with van der Waals surface area (Å²) < 4.78 is 11.2. The first-order valence-electron chi connectivity index (χ1n) is 6.73. The minimum atomic E-state index is -0.0536. The van der Waals surface area contributed by atoms with E-state index in [0.29, 0.717) is 40.3 Å². The van der Waals surface area contributed by atoms with Gasteiger partial charge in [-0.25, -0.2) is 4.98 Å². The standard InChI is InChI=1S/C16H15NO3S/c1-4-19-11-5-6-12-14(7-11)20-9(2)15(16(12)18)13-8-21-10(3)17-13/h5-8H,4H2,1-3H3. The van der Waals surface area contributed by atoms with E-state index in [1.165, 1.54) is 11.3 Å². The predicted octanol–water partition coefficient (Wildman–Crippen LogP) is 3.93. The van der Waals surface area contributed by atoms with E-state index in [2.05, 4.69) is 4.98 Å². The van der Waals surface area contributed by atoms with Crippen LogP contribution in [0.4, 0.5) is 0 Å². The number of hydrogen-bond acceptors (Lipinski definition) is 5. The van der Waals surface area contributed by atoms with Crippen molar-refractivity contribution in [3.05, 3.63) is 44.6 Å². The number of hydrogen-bond donors (Lipinski definition) is 0. The molecule has 0 unspecified atom stereocenters. The van der Waals surface area contributed by atoms with E-state index < -0.39 is 0 Å². The fourth-order valence-electron chi connectivity index (χ4n) is 2.32. The fraction of sp³-hybridized carbons (Fsp3) is 0.250. The number of rotatable bonds is 3. The molecule has 0 amide bonds. The zero-order chi connectivity index (χ0) is 15.0. The zero-order valence-corrected chi connectivity index (χ0v) is 12.9. The highest BCUT2D eigenvalue weighted by Crippen LogP contribution is 2.27. The van der Waals surface area contributed by atoms with Gasteiger partial charge < -0.3 is 9.15 Å². The number of benzene rings is 1. The first-order valence-corrected chi connectivity index (χ1v) is 7.61. The minimum absolute atomic E-state index is 0.0536. The summed E-state index contributed by atoms with van der Waals surface area (Å²) in [7, 11) is 0. The van der Waals surface area contributed by atoms with Crippen molar-refractivity contribution in [2.24, 2.45) is 0 Å². The third kappa shape index (κ3) is 2.45. The van der Waals surface area contributed by atoms with E-state index in [-0.39, 0.29) is 5.43 Å². The average molecular weight is 301 g/mol. The summed E-state index contributed by atoms with van der Waals surface area (Å²) in [5, 5.41) is 3.36. The second kappa shape index (κ2) is 5.33. The van der Waals surface area contributed by atoms with Crippen LogP contribution in [-0.4, -0.2) is 11.6 Å². The summed E-state index contributed by atoms with van der Waals surface area (Å²) in [6.45, 7) is 6.20. The van der Waals surface area contributed by atoms with Gasteiger partial charge in [-0.2, -0.15) is 0 Å². The van der Waals surface area contributed by atoms with Crippen LogP contribution in [0.3, 0.4) is 0 Å². The van der Waals surface area contributed by atoms with Crippen LogP contribution in [0.25, 0.3) is 22.2 Å². The molecule has 0 N–H and O–H groups in total. The quantitative estimate of drug-likeness (QED) is 0.735. The smallest absolute Gasteiger partial charge is 0.202 e. The monoisotopic (exact) mass is 301 g/mol. The van der Waals surface area contributed by atoms with Crippen molar-refractivity contribution in [3.8, 4) is 17.0 Å². The Hall–Kier alpha value is -2.14. The van der Waals surface area contributed by atoms with Gasteiger partial charge in [-0.15, -0.1) is 11.3 Å². The van der Waals surface area contributed by atoms with Crippen LogP contribution in [0.15, 0.2) is 32.8 Å². The Bertz CT molecular complexity index is 864. The molecular weight excluding hydrogens is 286 g/mol. The Kier molecular flexibility index (Phi) is 3.51. The number of ether oxygens (including phenoxy) is 1. The maximum Gasteiger partial charge on any atom is 0.202 e. The van der Waals surface area contributed by atoms with Gasteiger partial charge in [0, 0.05) is 11.4 Å². The highest BCUT2D eigenvalue weighted by molar-refractivity contribution is 7.09. The molecule has 0 fully saturated rings. The van der Waals surface area contributed by atoms with E-state index in [1.807, 2.05) is 19.2 Å². The van der Waals surface area contributed by atoms with Crippen LogP contribution in [-0.2, 0) is 0 Å². The molecule has 0 saturated heterocycles. The van der Waals surface area contributed by atoms with Crippen LogP contribution in [0.2, 0.25) is 0 Å². The molecule has 0 saturated carbocycles. The van der Waals surface area contributed by atoms with Gasteiger partial charge in [-0.1, -0.05) is 0 Å². The highest BCUT2D eigenvalue weighted by Gasteiger charge is 2.16. The topological polar surface area (TPSA) is 52.3 Å². The van der Waals surface area contributed by atoms with Crippen molar-refractivity contribution < 1.29 is 9.15 Å². The number of thiazole rings is 1. The van der Waals surface area contributed by atoms with Crippen molar-refractivity contribution in [1.29, 1.82) is 0 Å². The van der Waals surface area contributed by atoms with Gasteiger partial charge in [0.1, 0.15) is 17.1 Å². The van der Waals surface area contributed by atoms with Crippen LogP contribution in [0, 0.1) is 13.8 Å². The lowest BCUT2D eigenvalue weighted by Gasteiger charge is -2.07.